The topological polar surface area (TPSA) is 100 Å². The molecule has 2 aromatic rings. The predicted molar refractivity (Wildman–Crippen MR) is 61.0 cm³/mol. The minimum atomic E-state index is -0.452. The van der Waals surface area contributed by atoms with E-state index < -0.39 is 6.10 Å². The maximum Gasteiger partial charge on any atom is 0.180 e. The fourth-order valence-electron chi connectivity index (χ4n) is 1.36. The van der Waals surface area contributed by atoms with Crippen molar-refractivity contribution >= 4 is 17.3 Å². The van der Waals surface area contributed by atoms with Crippen molar-refractivity contribution in [3.63, 3.8) is 0 Å². The van der Waals surface area contributed by atoms with Crippen LogP contribution in [0.15, 0.2) is 18.6 Å². The number of hydrazine groups is 1. The Balaban J connectivity index is 2.36. The van der Waals surface area contributed by atoms with Gasteiger partial charge in [-0.05, 0) is 6.92 Å². The van der Waals surface area contributed by atoms with E-state index in [9.17, 15) is 5.11 Å². The number of anilines is 2. The van der Waals surface area contributed by atoms with E-state index in [-0.39, 0.29) is 0 Å². The van der Waals surface area contributed by atoms with Crippen LogP contribution in [0.1, 0.15) is 6.92 Å². The molecule has 0 saturated heterocycles. The summed E-state index contributed by atoms with van der Waals surface area (Å²) in [5, 5.41) is 12.2. The van der Waals surface area contributed by atoms with Gasteiger partial charge in [-0.3, -0.25) is 0 Å². The first kappa shape index (κ1) is 10.7. The maximum absolute atomic E-state index is 9.21. The van der Waals surface area contributed by atoms with Crippen molar-refractivity contribution in [3.8, 4) is 0 Å². The molecular weight excluding hydrogens is 208 g/mol. The van der Waals surface area contributed by atoms with Gasteiger partial charge < -0.3 is 20.2 Å². The molecule has 2 heterocycles. The summed E-state index contributed by atoms with van der Waals surface area (Å²) in [4.78, 5) is 8.38. The lowest BCUT2D eigenvalue weighted by Crippen LogP contribution is -2.18. The first-order chi connectivity index (χ1) is 7.70. The predicted octanol–water partition coefficient (Wildman–Crippen LogP) is -0.192. The molecule has 0 aromatic carbocycles. The van der Waals surface area contributed by atoms with E-state index in [1.807, 2.05) is 0 Å². The van der Waals surface area contributed by atoms with E-state index in [1.54, 1.807) is 29.9 Å². The van der Waals surface area contributed by atoms with Crippen molar-refractivity contribution in [2.45, 2.75) is 13.0 Å². The van der Waals surface area contributed by atoms with Crippen molar-refractivity contribution in [3.05, 3.63) is 18.6 Å². The van der Waals surface area contributed by atoms with Crippen LogP contribution >= 0.6 is 0 Å². The molecule has 1 atom stereocenters. The monoisotopic (exact) mass is 222 g/mol. The zero-order valence-corrected chi connectivity index (χ0v) is 8.88. The molecule has 0 radical (unpaired) electrons. The number of nitrogens with zero attached hydrogens (tertiary/aromatic N) is 3. The van der Waals surface area contributed by atoms with Crippen LogP contribution in [-0.4, -0.2) is 32.1 Å². The summed E-state index contributed by atoms with van der Waals surface area (Å²) in [7, 11) is 0. The van der Waals surface area contributed by atoms with Crippen LogP contribution in [0.4, 0.5) is 11.6 Å². The number of aliphatic hydroxyl groups excluding tert-OH is 1. The van der Waals surface area contributed by atoms with Crippen LogP contribution < -0.4 is 16.6 Å². The largest absolute Gasteiger partial charge is 0.392 e. The Bertz CT molecular complexity index is 480. The molecule has 0 aliphatic heterocycles. The van der Waals surface area contributed by atoms with Gasteiger partial charge in [0, 0.05) is 18.9 Å². The summed E-state index contributed by atoms with van der Waals surface area (Å²) in [6.07, 6.45) is 4.75. The molecule has 86 valence electrons. The van der Waals surface area contributed by atoms with Gasteiger partial charge in [0.25, 0.3) is 0 Å². The van der Waals surface area contributed by atoms with E-state index in [1.165, 1.54) is 0 Å². The molecule has 2 rings (SSSR count). The van der Waals surface area contributed by atoms with Crippen LogP contribution in [0.3, 0.4) is 0 Å². The quantitative estimate of drug-likeness (QED) is 0.422. The molecule has 0 aliphatic carbocycles. The van der Waals surface area contributed by atoms with Gasteiger partial charge in [0.1, 0.15) is 0 Å². The van der Waals surface area contributed by atoms with Gasteiger partial charge in [-0.25, -0.2) is 15.8 Å². The second-order valence-corrected chi connectivity index (χ2v) is 3.51. The lowest BCUT2D eigenvalue weighted by molar-refractivity contribution is 0.208. The van der Waals surface area contributed by atoms with E-state index in [2.05, 4.69) is 20.7 Å². The number of rotatable bonds is 4. The molecular formula is C9H14N6O. The highest BCUT2D eigenvalue weighted by atomic mass is 16.3. The number of nitrogens with one attached hydrogen (secondary N) is 2. The van der Waals surface area contributed by atoms with Gasteiger partial charge in [-0.1, -0.05) is 0 Å². The Hall–Kier alpha value is -1.86. The second kappa shape index (κ2) is 4.33. The molecule has 0 aliphatic rings. The third-order valence-corrected chi connectivity index (χ3v) is 2.09. The fraction of sp³-hybridized carbons (Fsp3) is 0.333. The van der Waals surface area contributed by atoms with Crippen molar-refractivity contribution < 1.29 is 5.11 Å². The first-order valence-corrected chi connectivity index (χ1v) is 4.93. The second-order valence-electron chi connectivity index (χ2n) is 3.51. The Morgan fingerprint density at radius 2 is 2.44 bits per heavy atom. The highest BCUT2D eigenvalue weighted by molar-refractivity contribution is 5.65. The van der Waals surface area contributed by atoms with Gasteiger partial charge in [0.2, 0.25) is 0 Å². The van der Waals surface area contributed by atoms with E-state index >= 15 is 0 Å². The third-order valence-electron chi connectivity index (χ3n) is 2.09. The summed E-state index contributed by atoms with van der Waals surface area (Å²) < 4.78 is 1.80. The molecule has 0 bridgehead atoms. The molecule has 5 N–H and O–H groups in total. The Morgan fingerprint density at radius 1 is 1.62 bits per heavy atom. The molecule has 0 fully saturated rings. The molecule has 7 heteroatoms. The Morgan fingerprint density at radius 3 is 3.12 bits per heavy atom. The number of hydrogen-bond acceptors (Lipinski definition) is 6. The van der Waals surface area contributed by atoms with E-state index in [0.717, 1.165) is 0 Å². The van der Waals surface area contributed by atoms with Crippen LogP contribution in [0.5, 0.6) is 0 Å². The smallest absolute Gasteiger partial charge is 0.180 e. The number of fused-ring (bicyclic) bond motifs is 1. The van der Waals surface area contributed by atoms with Gasteiger partial charge in [0.15, 0.2) is 17.3 Å². The number of aromatic nitrogens is 3. The normalized spacial score (nSPS) is 12.7. The van der Waals surface area contributed by atoms with Gasteiger partial charge in [-0.15, -0.1) is 0 Å². The first-order valence-electron chi connectivity index (χ1n) is 4.93. The highest BCUT2D eigenvalue weighted by Gasteiger charge is 2.07. The Labute approximate surface area is 92.3 Å². The lowest BCUT2D eigenvalue weighted by Gasteiger charge is -2.10. The SMILES string of the molecule is CC(O)CNc1nc(NN)cn2ccnc12. The van der Waals surface area contributed by atoms with Crippen molar-refractivity contribution in [1.82, 2.24) is 14.4 Å². The summed E-state index contributed by atoms with van der Waals surface area (Å²) in [6, 6.07) is 0. The minimum absolute atomic E-state index is 0.406. The number of aliphatic hydroxyl groups is 1. The molecule has 0 amide bonds. The molecule has 16 heavy (non-hydrogen) atoms. The minimum Gasteiger partial charge on any atom is -0.392 e. The number of imidazole rings is 1. The van der Waals surface area contributed by atoms with Crippen LogP contribution in [0, 0.1) is 0 Å². The third kappa shape index (κ3) is 2.05. The lowest BCUT2D eigenvalue weighted by atomic mass is 10.4. The molecule has 0 spiro atoms. The van der Waals surface area contributed by atoms with Crippen LogP contribution in [-0.2, 0) is 0 Å². The average molecular weight is 222 g/mol. The van der Waals surface area contributed by atoms with Gasteiger partial charge in [-0.2, -0.15) is 0 Å². The standard InChI is InChI=1S/C9H14N6O/c1-6(16)4-12-8-9-11-2-3-15(9)5-7(13-8)14-10/h2-3,5-6,14,16H,4,10H2,1H3,(H,12,13). The van der Waals surface area contributed by atoms with Crippen LogP contribution in [0.2, 0.25) is 0 Å². The average Bonchev–Trinajstić information content (AvgIpc) is 2.73. The summed E-state index contributed by atoms with van der Waals surface area (Å²) >= 11 is 0. The molecule has 1 unspecified atom stereocenters. The number of nitrogen functional groups attached to an aromatic ring is 1. The maximum atomic E-state index is 9.21. The molecule has 7 nitrogen and oxygen atoms in total. The van der Waals surface area contributed by atoms with E-state index in [4.69, 9.17) is 5.84 Å². The zero-order chi connectivity index (χ0) is 11.5. The molecule has 2 aromatic heterocycles. The Kier molecular flexibility index (Phi) is 2.88. The van der Waals surface area contributed by atoms with Crippen molar-refractivity contribution in [1.29, 1.82) is 0 Å². The zero-order valence-electron chi connectivity index (χ0n) is 8.88. The fourth-order valence-corrected chi connectivity index (χ4v) is 1.36. The van der Waals surface area contributed by atoms with Gasteiger partial charge in [0.05, 0.1) is 12.3 Å². The highest BCUT2D eigenvalue weighted by Crippen LogP contribution is 2.15. The van der Waals surface area contributed by atoms with Crippen LogP contribution in [0.25, 0.3) is 5.65 Å². The number of nitrogens with two attached hydrogens (primary N) is 1. The van der Waals surface area contributed by atoms with E-state index in [0.29, 0.717) is 23.8 Å². The van der Waals surface area contributed by atoms with Crippen molar-refractivity contribution in [2.24, 2.45) is 5.84 Å². The van der Waals surface area contributed by atoms with Crippen molar-refractivity contribution in [2.75, 3.05) is 17.3 Å². The summed E-state index contributed by atoms with van der Waals surface area (Å²) in [6.45, 7) is 2.10. The van der Waals surface area contributed by atoms with Gasteiger partial charge >= 0.3 is 0 Å². The molecule has 0 saturated carbocycles. The summed E-state index contributed by atoms with van der Waals surface area (Å²) in [5.41, 5.74) is 3.17. The number of hydrogen-bond donors (Lipinski definition) is 4. The summed E-state index contributed by atoms with van der Waals surface area (Å²) in [5.74, 6) is 6.42.